The number of rotatable bonds is 2. The molecule has 17 heavy (non-hydrogen) atoms. The number of carbonyl (C=O) groups is 1. The van der Waals surface area contributed by atoms with Crippen molar-refractivity contribution in [2.24, 2.45) is 5.73 Å². The van der Waals surface area contributed by atoms with Crippen LogP contribution >= 0.6 is 27.5 Å². The number of primary amides is 1. The number of benzene rings is 1. The van der Waals surface area contributed by atoms with Gasteiger partial charge in [0, 0.05) is 5.56 Å². The van der Waals surface area contributed by atoms with E-state index in [4.69, 9.17) is 17.3 Å². The number of halogens is 3. The number of nitrogens with one attached hydrogen (secondary N) is 1. The monoisotopic (exact) mass is 318 g/mol. The predicted octanol–water partition coefficient (Wildman–Crippen LogP) is 2.13. The van der Waals surface area contributed by atoms with E-state index in [0.29, 0.717) is 0 Å². The van der Waals surface area contributed by atoms with Crippen LogP contribution in [0.5, 0.6) is 0 Å². The molecular formula is C9H5BrClFN4O. The average molecular weight is 320 g/mol. The normalized spacial score (nSPS) is 10.5. The number of nitrogens with two attached hydrogens (primary N) is 1. The fraction of sp³-hybridized carbons (Fsp3) is 0. The molecule has 0 atom stereocenters. The zero-order chi connectivity index (χ0) is 12.6. The van der Waals surface area contributed by atoms with E-state index in [1.165, 1.54) is 12.1 Å². The van der Waals surface area contributed by atoms with Gasteiger partial charge in [0.25, 0.3) is 5.91 Å². The summed E-state index contributed by atoms with van der Waals surface area (Å²) in [5.41, 5.74) is 5.10. The second kappa shape index (κ2) is 4.42. The Morgan fingerprint density at radius 2 is 2.18 bits per heavy atom. The Hall–Kier alpha value is -1.47. The van der Waals surface area contributed by atoms with Crippen molar-refractivity contribution in [3.63, 3.8) is 0 Å². The number of H-pyrrole nitrogens is 1. The highest BCUT2D eigenvalue weighted by molar-refractivity contribution is 9.10. The number of hydrogen-bond acceptors (Lipinski definition) is 3. The van der Waals surface area contributed by atoms with Crippen LogP contribution in [0.1, 0.15) is 10.5 Å². The molecule has 0 aliphatic rings. The molecule has 1 aromatic heterocycles. The summed E-state index contributed by atoms with van der Waals surface area (Å²) in [4.78, 5) is 11.1. The minimum atomic E-state index is -0.792. The Bertz CT molecular complexity index is 601. The molecule has 88 valence electrons. The smallest absolute Gasteiger partial charge is 0.271 e. The van der Waals surface area contributed by atoms with Gasteiger partial charge in [0.1, 0.15) is 11.5 Å². The number of hydrogen-bond donors (Lipinski definition) is 2. The second-order valence-corrected chi connectivity index (χ2v) is 4.31. The van der Waals surface area contributed by atoms with Crippen LogP contribution in [0.2, 0.25) is 5.02 Å². The maximum atomic E-state index is 13.9. The highest BCUT2D eigenvalue weighted by Gasteiger charge is 2.20. The topological polar surface area (TPSA) is 84.7 Å². The zero-order valence-corrected chi connectivity index (χ0v) is 10.5. The molecule has 0 fully saturated rings. The van der Waals surface area contributed by atoms with Crippen LogP contribution in [-0.2, 0) is 0 Å². The largest absolute Gasteiger partial charge is 0.364 e. The highest BCUT2D eigenvalue weighted by Crippen LogP contribution is 2.32. The van der Waals surface area contributed by atoms with Crippen LogP contribution in [0.4, 0.5) is 4.39 Å². The van der Waals surface area contributed by atoms with E-state index in [1.807, 2.05) is 0 Å². The molecule has 1 aromatic carbocycles. The lowest BCUT2D eigenvalue weighted by atomic mass is 10.1. The number of nitrogens with zero attached hydrogens (tertiary/aromatic N) is 2. The molecule has 0 aliphatic carbocycles. The van der Waals surface area contributed by atoms with Gasteiger partial charge in [-0.05, 0) is 28.1 Å². The quantitative estimate of drug-likeness (QED) is 0.832. The van der Waals surface area contributed by atoms with Gasteiger partial charge in [-0.1, -0.05) is 11.6 Å². The standard InChI is InChI=1S/C9H5BrClFN4O/c10-5-4(11)2-1-3(6(5)12)7-8(9(13)17)15-16-14-7/h1-2H,(H2,13,17)(H,14,15,16). The van der Waals surface area contributed by atoms with Crippen molar-refractivity contribution in [3.8, 4) is 11.3 Å². The second-order valence-electron chi connectivity index (χ2n) is 3.11. The van der Waals surface area contributed by atoms with Crippen molar-refractivity contribution in [2.75, 3.05) is 0 Å². The van der Waals surface area contributed by atoms with Gasteiger partial charge in [0.2, 0.25) is 0 Å². The van der Waals surface area contributed by atoms with Gasteiger partial charge in [-0.15, -0.1) is 0 Å². The first-order chi connectivity index (χ1) is 8.02. The fourth-order valence-corrected chi connectivity index (χ4v) is 1.79. The molecule has 3 N–H and O–H groups in total. The molecule has 1 amide bonds. The summed E-state index contributed by atoms with van der Waals surface area (Å²) < 4.78 is 14.0. The van der Waals surface area contributed by atoms with Crippen LogP contribution in [0.15, 0.2) is 16.6 Å². The van der Waals surface area contributed by atoms with E-state index >= 15 is 0 Å². The van der Waals surface area contributed by atoms with E-state index in [0.717, 1.165) is 0 Å². The molecule has 0 saturated heterocycles. The maximum absolute atomic E-state index is 13.9. The van der Waals surface area contributed by atoms with E-state index in [-0.39, 0.29) is 26.4 Å². The van der Waals surface area contributed by atoms with Gasteiger partial charge in [0.15, 0.2) is 5.69 Å². The number of aromatic nitrogens is 3. The molecular weight excluding hydrogens is 314 g/mol. The van der Waals surface area contributed by atoms with Crippen molar-refractivity contribution in [1.29, 1.82) is 0 Å². The Morgan fingerprint density at radius 3 is 2.82 bits per heavy atom. The number of carbonyl (C=O) groups excluding carboxylic acids is 1. The molecule has 2 rings (SSSR count). The van der Waals surface area contributed by atoms with Crippen LogP contribution in [0.25, 0.3) is 11.3 Å². The summed E-state index contributed by atoms with van der Waals surface area (Å²) in [5, 5.41) is 9.70. The van der Waals surface area contributed by atoms with E-state index in [1.54, 1.807) is 0 Å². The van der Waals surface area contributed by atoms with Gasteiger partial charge in [0.05, 0.1) is 9.50 Å². The average Bonchev–Trinajstić information content (AvgIpc) is 2.75. The zero-order valence-electron chi connectivity index (χ0n) is 8.17. The van der Waals surface area contributed by atoms with Crippen molar-refractivity contribution in [3.05, 3.63) is 33.1 Å². The Morgan fingerprint density at radius 1 is 1.47 bits per heavy atom. The molecule has 1 heterocycles. The molecule has 0 radical (unpaired) electrons. The Balaban J connectivity index is 2.65. The van der Waals surface area contributed by atoms with Crippen molar-refractivity contribution >= 4 is 33.4 Å². The van der Waals surface area contributed by atoms with Crippen LogP contribution in [-0.4, -0.2) is 21.3 Å². The summed E-state index contributed by atoms with van der Waals surface area (Å²) in [6.07, 6.45) is 0. The molecule has 0 spiro atoms. The summed E-state index contributed by atoms with van der Waals surface area (Å²) in [6, 6.07) is 2.87. The Kier molecular flexibility index (Phi) is 3.12. The molecule has 2 aromatic rings. The van der Waals surface area contributed by atoms with Gasteiger partial charge < -0.3 is 5.73 Å². The summed E-state index contributed by atoms with van der Waals surface area (Å²) in [6.45, 7) is 0. The molecule has 5 nitrogen and oxygen atoms in total. The molecule has 0 unspecified atom stereocenters. The summed E-state index contributed by atoms with van der Waals surface area (Å²) >= 11 is 8.72. The van der Waals surface area contributed by atoms with Gasteiger partial charge >= 0.3 is 0 Å². The minimum absolute atomic E-state index is 0.0485. The summed E-state index contributed by atoms with van der Waals surface area (Å²) in [7, 11) is 0. The summed E-state index contributed by atoms with van der Waals surface area (Å²) in [5.74, 6) is -1.42. The number of aromatic amines is 1. The Labute approximate surface area is 108 Å². The third-order valence-corrected chi connectivity index (χ3v) is 3.39. The first kappa shape index (κ1) is 12.0. The first-order valence-electron chi connectivity index (χ1n) is 4.36. The SMILES string of the molecule is NC(=O)c1n[nH]nc1-c1ccc(Cl)c(Br)c1F. The van der Waals surface area contributed by atoms with E-state index in [2.05, 4.69) is 31.3 Å². The van der Waals surface area contributed by atoms with E-state index < -0.39 is 11.7 Å². The molecule has 0 aliphatic heterocycles. The maximum Gasteiger partial charge on any atom is 0.271 e. The third kappa shape index (κ3) is 2.03. The van der Waals surface area contributed by atoms with Gasteiger partial charge in [-0.3, -0.25) is 4.79 Å². The van der Waals surface area contributed by atoms with Crippen LogP contribution in [0.3, 0.4) is 0 Å². The third-order valence-electron chi connectivity index (χ3n) is 2.07. The number of amides is 1. The molecule has 0 bridgehead atoms. The highest BCUT2D eigenvalue weighted by atomic mass is 79.9. The molecule has 0 saturated carbocycles. The van der Waals surface area contributed by atoms with E-state index in [9.17, 15) is 9.18 Å². The van der Waals surface area contributed by atoms with Gasteiger partial charge in [-0.25, -0.2) is 4.39 Å². The minimum Gasteiger partial charge on any atom is -0.364 e. The lowest BCUT2D eigenvalue weighted by Crippen LogP contribution is -2.13. The van der Waals surface area contributed by atoms with Crippen molar-refractivity contribution < 1.29 is 9.18 Å². The lowest BCUT2D eigenvalue weighted by molar-refractivity contribution is 0.0996. The molecule has 8 heteroatoms. The fourth-order valence-electron chi connectivity index (χ4n) is 1.30. The van der Waals surface area contributed by atoms with Crippen LogP contribution in [0, 0.1) is 5.82 Å². The predicted molar refractivity (Wildman–Crippen MR) is 63.0 cm³/mol. The van der Waals surface area contributed by atoms with Crippen molar-refractivity contribution in [2.45, 2.75) is 0 Å². The lowest BCUT2D eigenvalue weighted by Gasteiger charge is -2.03. The first-order valence-corrected chi connectivity index (χ1v) is 5.54. The van der Waals surface area contributed by atoms with Crippen LogP contribution < -0.4 is 5.73 Å². The van der Waals surface area contributed by atoms with Gasteiger partial charge in [-0.2, -0.15) is 15.4 Å². The van der Waals surface area contributed by atoms with Crippen molar-refractivity contribution in [1.82, 2.24) is 15.4 Å².